The number of aromatic nitrogens is 3. The number of hydrogen-bond acceptors (Lipinski definition) is 4. The fraction of sp³-hybridized carbons (Fsp3) is 0.200. The highest BCUT2D eigenvalue weighted by atomic mass is 32.1. The van der Waals surface area contributed by atoms with Crippen LogP contribution < -0.4 is 0 Å². The number of imidazole rings is 1. The first-order valence-electron chi connectivity index (χ1n) is 8.52. The molecule has 124 valence electrons. The van der Waals surface area contributed by atoms with E-state index in [0.29, 0.717) is 6.04 Å². The van der Waals surface area contributed by atoms with Gasteiger partial charge >= 0.3 is 0 Å². The van der Waals surface area contributed by atoms with Crippen molar-refractivity contribution in [2.24, 2.45) is 0 Å². The molecule has 0 amide bonds. The van der Waals surface area contributed by atoms with Gasteiger partial charge in [-0.05, 0) is 35.1 Å². The zero-order chi connectivity index (χ0) is 16.6. The van der Waals surface area contributed by atoms with Gasteiger partial charge in [-0.15, -0.1) is 11.3 Å². The standard InChI is InChI=1S/C20H18N4S/c1-2-5-15(6-3-1)19-17-8-12-25-18(17)7-11-23(19)13-16-14-24-10-4-9-21-20(24)22-16/h1-6,8-10,12,14,19H,7,11,13H2. The third-order valence-corrected chi connectivity index (χ3v) is 5.83. The minimum Gasteiger partial charge on any atom is -0.291 e. The molecule has 0 fully saturated rings. The molecule has 4 nitrogen and oxygen atoms in total. The molecule has 4 heterocycles. The Balaban J connectivity index is 1.53. The van der Waals surface area contributed by atoms with Crippen molar-refractivity contribution >= 4 is 17.1 Å². The zero-order valence-electron chi connectivity index (χ0n) is 13.7. The molecule has 5 rings (SSSR count). The normalized spacial score (nSPS) is 17.7. The fourth-order valence-corrected chi connectivity index (χ4v) is 4.63. The van der Waals surface area contributed by atoms with Crippen LogP contribution in [0.5, 0.6) is 0 Å². The van der Waals surface area contributed by atoms with E-state index in [0.717, 1.165) is 31.0 Å². The first-order valence-corrected chi connectivity index (χ1v) is 9.40. The van der Waals surface area contributed by atoms with Crippen LogP contribution in [0.15, 0.2) is 66.4 Å². The van der Waals surface area contributed by atoms with Crippen LogP contribution in [0.3, 0.4) is 0 Å². The van der Waals surface area contributed by atoms with Crippen LogP contribution in [0.2, 0.25) is 0 Å². The Morgan fingerprint density at radius 1 is 1.12 bits per heavy atom. The number of benzene rings is 1. The second-order valence-corrected chi connectivity index (χ2v) is 7.39. The molecule has 0 saturated carbocycles. The lowest BCUT2D eigenvalue weighted by atomic mass is 9.93. The van der Waals surface area contributed by atoms with Crippen molar-refractivity contribution in [3.63, 3.8) is 0 Å². The van der Waals surface area contributed by atoms with E-state index in [-0.39, 0.29) is 0 Å². The van der Waals surface area contributed by atoms with Crippen molar-refractivity contribution in [3.8, 4) is 0 Å². The monoisotopic (exact) mass is 346 g/mol. The summed E-state index contributed by atoms with van der Waals surface area (Å²) in [5, 5.41) is 2.22. The Morgan fingerprint density at radius 2 is 2.04 bits per heavy atom. The molecule has 1 atom stereocenters. The van der Waals surface area contributed by atoms with E-state index in [1.807, 2.05) is 28.0 Å². The fourth-order valence-electron chi connectivity index (χ4n) is 3.73. The van der Waals surface area contributed by atoms with E-state index >= 15 is 0 Å². The van der Waals surface area contributed by atoms with Crippen molar-refractivity contribution in [2.45, 2.75) is 19.0 Å². The largest absolute Gasteiger partial charge is 0.291 e. The van der Waals surface area contributed by atoms with Crippen molar-refractivity contribution in [1.82, 2.24) is 19.3 Å². The molecule has 0 bridgehead atoms. The molecule has 0 saturated heterocycles. The van der Waals surface area contributed by atoms with Crippen LogP contribution in [0.4, 0.5) is 0 Å². The van der Waals surface area contributed by atoms with Crippen LogP contribution in [0, 0.1) is 0 Å². The third-order valence-electron chi connectivity index (χ3n) is 4.83. The number of nitrogens with zero attached hydrogens (tertiary/aromatic N) is 4. The van der Waals surface area contributed by atoms with E-state index in [4.69, 9.17) is 4.98 Å². The number of fused-ring (bicyclic) bond motifs is 2. The molecule has 0 spiro atoms. The quantitative estimate of drug-likeness (QED) is 0.563. The minimum absolute atomic E-state index is 0.300. The molecular formula is C20H18N4S. The van der Waals surface area contributed by atoms with Crippen molar-refractivity contribution in [1.29, 1.82) is 0 Å². The predicted molar refractivity (Wildman–Crippen MR) is 99.7 cm³/mol. The second-order valence-electron chi connectivity index (χ2n) is 6.39. The van der Waals surface area contributed by atoms with Gasteiger partial charge < -0.3 is 0 Å². The van der Waals surface area contributed by atoms with E-state index in [1.54, 1.807) is 6.20 Å². The molecule has 0 aliphatic carbocycles. The van der Waals surface area contributed by atoms with Gasteiger partial charge in [-0.3, -0.25) is 9.30 Å². The smallest absolute Gasteiger partial charge is 0.233 e. The lowest BCUT2D eigenvalue weighted by Gasteiger charge is -2.35. The molecule has 3 aromatic heterocycles. The maximum Gasteiger partial charge on any atom is 0.233 e. The summed E-state index contributed by atoms with van der Waals surface area (Å²) in [4.78, 5) is 13.1. The van der Waals surface area contributed by atoms with Crippen molar-refractivity contribution in [2.75, 3.05) is 6.54 Å². The van der Waals surface area contributed by atoms with Crippen molar-refractivity contribution < 1.29 is 0 Å². The summed E-state index contributed by atoms with van der Waals surface area (Å²) in [6, 6.07) is 15.3. The maximum absolute atomic E-state index is 4.69. The van der Waals surface area contributed by atoms with Gasteiger partial charge in [-0.25, -0.2) is 9.97 Å². The highest BCUT2D eigenvalue weighted by Gasteiger charge is 2.29. The summed E-state index contributed by atoms with van der Waals surface area (Å²) in [7, 11) is 0. The third kappa shape index (κ3) is 2.65. The van der Waals surface area contributed by atoms with Crippen LogP contribution in [0.1, 0.15) is 27.7 Å². The van der Waals surface area contributed by atoms with E-state index in [2.05, 4.69) is 57.9 Å². The molecule has 1 aliphatic heterocycles. The van der Waals surface area contributed by atoms with Gasteiger partial charge in [0.25, 0.3) is 0 Å². The van der Waals surface area contributed by atoms with Gasteiger partial charge in [-0.1, -0.05) is 30.3 Å². The highest BCUT2D eigenvalue weighted by Crippen LogP contribution is 2.38. The van der Waals surface area contributed by atoms with E-state index in [1.165, 1.54) is 16.0 Å². The average Bonchev–Trinajstić information content (AvgIpc) is 3.28. The Kier molecular flexibility index (Phi) is 3.61. The number of rotatable bonds is 3. The summed E-state index contributed by atoms with van der Waals surface area (Å²) in [6.07, 6.45) is 6.99. The van der Waals surface area contributed by atoms with Gasteiger partial charge in [0.2, 0.25) is 5.78 Å². The SMILES string of the molecule is c1ccc(C2c3ccsc3CCN2Cc2cn3cccnc3n2)cc1. The molecule has 25 heavy (non-hydrogen) atoms. The summed E-state index contributed by atoms with van der Waals surface area (Å²) < 4.78 is 1.99. The molecule has 0 radical (unpaired) electrons. The Hall–Kier alpha value is -2.50. The first kappa shape index (κ1) is 14.8. The molecule has 1 aromatic carbocycles. The number of thiophene rings is 1. The lowest BCUT2D eigenvalue weighted by Crippen LogP contribution is -2.35. The summed E-state index contributed by atoms with van der Waals surface area (Å²) in [5.41, 5.74) is 3.87. The van der Waals surface area contributed by atoms with Crippen LogP contribution in [-0.2, 0) is 13.0 Å². The van der Waals surface area contributed by atoms with Gasteiger partial charge in [0.1, 0.15) is 0 Å². The molecule has 1 unspecified atom stereocenters. The lowest BCUT2D eigenvalue weighted by molar-refractivity contribution is 0.204. The Bertz CT molecular complexity index is 972. The first-order chi connectivity index (χ1) is 12.4. The van der Waals surface area contributed by atoms with Crippen LogP contribution >= 0.6 is 11.3 Å². The summed E-state index contributed by atoms with van der Waals surface area (Å²) in [5.74, 6) is 0.766. The van der Waals surface area contributed by atoms with E-state index in [9.17, 15) is 0 Å². The maximum atomic E-state index is 4.69. The van der Waals surface area contributed by atoms with Gasteiger partial charge in [0.05, 0.1) is 11.7 Å². The molecular weight excluding hydrogens is 328 g/mol. The second kappa shape index (κ2) is 6.10. The Morgan fingerprint density at radius 3 is 2.92 bits per heavy atom. The Labute approximate surface area is 150 Å². The van der Waals surface area contributed by atoms with Crippen LogP contribution in [-0.4, -0.2) is 25.8 Å². The zero-order valence-corrected chi connectivity index (χ0v) is 14.6. The average molecular weight is 346 g/mol. The van der Waals surface area contributed by atoms with E-state index < -0.39 is 0 Å². The summed E-state index contributed by atoms with van der Waals surface area (Å²) >= 11 is 1.88. The van der Waals surface area contributed by atoms with Gasteiger partial charge in [0.15, 0.2) is 0 Å². The van der Waals surface area contributed by atoms with Crippen molar-refractivity contribution in [3.05, 3.63) is 88.1 Å². The predicted octanol–water partition coefficient (Wildman–Crippen LogP) is 3.94. The van der Waals surface area contributed by atoms with Gasteiger partial charge in [0, 0.05) is 36.6 Å². The van der Waals surface area contributed by atoms with Crippen LogP contribution in [0.25, 0.3) is 5.78 Å². The molecule has 0 N–H and O–H groups in total. The van der Waals surface area contributed by atoms with Gasteiger partial charge in [-0.2, -0.15) is 0 Å². The minimum atomic E-state index is 0.300. The molecule has 1 aliphatic rings. The molecule has 5 heteroatoms. The highest BCUT2D eigenvalue weighted by molar-refractivity contribution is 7.10. The topological polar surface area (TPSA) is 33.4 Å². The molecule has 4 aromatic rings. The number of hydrogen-bond donors (Lipinski definition) is 0. The summed E-state index contributed by atoms with van der Waals surface area (Å²) in [6.45, 7) is 1.88.